The Morgan fingerprint density at radius 2 is 1.88 bits per heavy atom. The van der Waals surface area contributed by atoms with Crippen molar-refractivity contribution in [3.05, 3.63) is 70.5 Å². The Morgan fingerprint density at radius 3 is 2.52 bits per heavy atom. The monoisotopic (exact) mass is 345 g/mol. The van der Waals surface area contributed by atoms with Crippen LogP contribution in [0.3, 0.4) is 0 Å². The molecule has 25 heavy (non-hydrogen) atoms. The van der Waals surface area contributed by atoms with E-state index >= 15 is 0 Å². The first-order valence-electron chi connectivity index (χ1n) is 7.66. The lowest BCUT2D eigenvalue weighted by Crippen LogP contribution is -2.05. The molecule has 0 radical (unpaired) electrons. The fourth-order valence-corrected chi connectivity index (χ4v) is 3.11. The molecule has 2 aromatic carbocycles. The molecule has 0 spiro atoms. The SMILES string of the molecule is CC(=O)Nc1ccc(/C=C(\C#N)c2nc(-c3ccccc3)cs2)cc1. The van der Waals surface area contributed by atoms with Gasteiger partial charge in [-0.1, -0.05) is 42.5 Å². The molecule has 0 unspecified atom stereocenters. The number of benzene rings is 2. The predicted molar refractivity (Wildman–Crippen MR) is 102 cm³/mol. The van der Waals surface area contributed by atoms with E-state index in [0.717, 1.165) is 22.5 Å². The third-order valence-corrected chi connectivity index (χ3v) is 4.34. The molecule has 1 amide bonds. The summed E-state index contributed by atoms with van der Waals surface area (Å²) in [4.78, 5) is 15.6. The highest BCUT2D eigenvalue weighted by atomic mass is 32.1. The smallest absolute Gasteiger partial charge is 0.221 e. The molecule has 0 saturated carbocycles. The van der Waals surface area contributed by atoms with Crippen LogP contribution in [-0.2, 0) is 4.79 Å². The molecule has 0 aliphatic carbocycles. The number of amides is 1. The van der Waals surface area contributed by atoms with Gasteiger partial charge in [-0.25, -0.2) is 4.98 Å². The van der Waals surface area contributed by atoms with Crippen LogP contribution < -0.4 is 5.32 Å². The molecular weight excluding hydrogens is 330 g/mol. The molecule has 0 aliphatic rings. The summed E-state index contributed by atoms with van der Waals surface area (Å²) in [5.74, 6) is -0.114. The van der Waals surface area contributed by atoms with E-state index in [0.29, 0.717) is 10.6 Å². The molecule has 0 atom stereocenters. The summed E-state index contributed by atoms with van der Waals surface area (Å²) >= 11 is 1.45. The molecule has 0 aliphatic heterocycles. The standard InChI is InChI=1S/C20H15N3OS/c1-14(24)22-18-9-7-15(8-10-18)11-17(12-21)20-23-19(13-25-20)16-5-3-2-4-6-16/h2-11,13H,1H3,(H,22,24)/b17-11+. The van der Waals surface area contributed by atoms with E-state index in [1.54, 1.807) is 18.2 Å². The second kappa shape index (κ2) is 7.56. The fraction of sp³-hybridized carbons (Fsp3) is 0.0500. The Hall–Kier alpha value is -3.23. The van der Waals surface area contributed by atoms with Crippen LogP contribution in [0.5, 0.6) is 0 Å². The van der Waals surface area contributed by atoms with Crippen LogP contribution in [0.15, 0.2) is 60.0 Å². The van der Waals surface area contributed by atoms with Gasteiger partial charge >= 0.3 is 0 Å². The summed E-state index contributed by atoms with van der Waals surface area (Å²) in [5, 5.41) is 14.8. The molecule has 0 saturated heterocycles. The number of carbonyl (C=O) groups excluding carboxylic acids is 1. The van der Waals surface area contributed by atoms with Crippen molar-refractivity contribution in [3.8, 4) is 17.3 Å². The van der Waals surface area contributed by atoms with Crippen molar-refractivity contribution < 1.29 is 4.79 Å². The van der Waals surface area contributed by atoms with Crippen molar-refractivity contribution in [1.29, 1.82) is 5.26 Å². The van der Waals surface area contributed by atoms with Crippen LogP contribution in [0.4, 0.5) is 5.69 Å². The number of anilines is 1. The van der Waals surface area contributed by atoms with E-state index in [4.69, 9.17) is 0 Å². The molecule has 1 N–H and O–H groups in total. The van der Waals surface area contributed by atoms with E-state index < -0.39 is 0 Å². The summed E-state index contributed by atoms with van der Waals surface area (Å²) in [6.07, 6.45) is 1.80. The summed E-state index contributed by atoms with van der Waals surface area (Å²) in [5.41, 5.74) is 4.01. The zero-order valence-electron chi connectivity index (χ0n) is 13.6. The molecule has 122 valence electrons. The average Bonchev–Trinajstić information content (AvgIpc) is 3.11. The van der Waals surface area contributed by atoms with Gasteiger partial charge in [-0.2, -0.15) is 5.26 Å². The van der Waals surface area contributed by atoms with Gasteiger partial charge in [0.2, 0.25) is 5.91 Å². The van der Waals surface area contributed by atoms with Crippen LogP contribution in [-0.4, -0.2) is 10.9 Å². The van der Waals surface area contributed by atoms with E-state index in [9.17, 15) is 10.1 Å². The van der Waals surface area contributed by atoms with Crippen LogP contribution in [0.1, 0.15) is 17.5 Å². The van der Waals surface area contributed by atoms with Gasteiger partial charge in [0.1, 0.15) is 11.1 Å². The average molecular weight is 345 g/mol. The molecule has 5 heteroatoms. The highest BCUT2D eigenvalue weighted by molar-refractivity contribution is 7.11. The summed E-state index contributed by atoms with van der Waals surface area (Å²) in [7, 11) is 0. The molecule has 4 nitrogen and oxygen atoms in total. The molecule has 1 aromatic heterocycles. The maximum absolute atomic E-state index is 11.1. The second-order valence-corrected chi connectivity index (χ2v) is 6.24. The molecular formula is C20H15N3OS. The number of thiazole rings is 1. The topological polar surface area (TPSA) is 65.8 Å². The van der Waals surface area contributed by atoms with Gasteiger partial charge in [0.25, 0.3) is 0 Å². The van der Waals surface area contributed by atoms with Gasteiger partial charge < -0.3 is 5.32 Å². The van der Waals surface area contributed by atoms with E-state index in [2.05, 4.69) is 16.4 Å². The number of nitrogens with one attached hydrogen (secondary N) is 1. The molecule has 0 fully saturated rings. The Kier molecular flexibility index (Phi) is 5.03. The first-order chi connectivity index (χ1) is 12.2. The van der Waals surface area contributed by atoms with Crippen molar-refractivity contribution in [2.24, 2.45) is 0 Å². The molecule has 3 rings (SSSR count). The third-order valence-electron chi connectivity index (χ3n) is 3.47. The van der Waals surface area contributed by atoms with Crippen molar-refractivity contribution >= 4 is 34.6 Å². The Morgan fingerprint density at radius 1 is 1.16 bits per heavy atom. The molecule has 1 heterocycles. The summed E-state index contributed by atoms with van der Waals surface area (Å²) in [6.45, 7) is 1.47. The number of nitriles is 1. The molecule has 3 aromatic rings. The van der Waals surface area contributed by atoms with Crippen LogP contribution in [0, 0.1) is 11.3 Å². The number of carbonyl (C=O) groups is 1. The third kappa shape index (κ3) is 4.19. The van der Waals surface area contributed by atoms with Crippen molar-refractivity contribution in [3.63, 3.8) is 0 Å². The van der Waals surface area contributed by atoms with E-state index in [1.807, 2.05) is 47.8 Å². The van der Waals surface area contributed by atoms with Crippen molar-refractivity contribution in [2.75, 3.05) is 5.32 Å². The maximum atomic E-state index is 11.1. The van der Waals surface area contributed by atoms with Crippen molar-refractivity contribution in [1.82, 2.24) is 4.98 Å². The van der Waals surface area contributed by atoms with Gasteiger partial charge in [0.15, 0.2) is 0 Å². The van der Waals surface area contributed by atoms with Crippen LogP contribution >= 0.6 is 11.3 Å². The minimum absolute atomic E-state index is 0.114. The summed E-state index contributed by atoms with van der Waals surface area (Å²) < 4.78 is 0. The Bertz CT molecular complexity index is 951. The zero-order chi connectivity index (χ0) is 17.6. The van der Waals surface area contributed by atoms with E-state index in [1.165, 1.54) is 18.3 Å². The van der Waals surface area contributed by atoms with E-state index in [-0.39, 0.29) is 5.91 Å². The summed E-state index contributed by atoms with van der Waals surface area (Å²) in [6, 6.07) is 19.4. The van der Waals surface area contributed by atoms with Crippen LogP contribution in [0.2, 0.25) is 0 Å². The van der Waals surface area contributed by atoms with Gasteiger partial charge in [-0.05, 0) is 23.8 Å². The minimum atomic E-state index is -0.114. The lowest BCUT2D eigenvalue weighted by molar-refractivity contribution is -0.114. The lowest BCUT2D eigenvalue weighted by Gasteiger charge is -2.02. The highest BCUT2D eigenvalue weighted by Crippen LogP contribution is 2.27. The Balaban J connectivity index is 1.85. The number of allylic oxidation sites excluding steroid dienone is 1. The van der Waals surface area contributed by atoms with Crippen LogP contribution in [0.25, 0.3) is 22.9 Å². The van der Waals surface area contributed by atoms with Gasteiger partial charge in [0, 0.05) is 23.6 Å². The number of hydrogen-bond acceptors (Lipinski definition) is 4. The normalized spacial score (nSPS) is 11.0. The number of nitrogens with zero attached hydrogens (tertiary/aromatic N) is 2. The quantitative estimate of drug-likeness (QED) is 0.689. The first-order valence-corrected chi connectivity index (χ1v) is 8.54. The van der Waals surface area contributed by atoms with Gasteiger partial charge in [0.05, 0.1) is 11.3 Å². The number of rotatable bonds is 4. The minimum Gasteiger partial charge on any atom is -0.326 e. The second-order valence-electron chi connectivity index (χ2n) is 5.38. The fourth-order valence-electron chi connectivity index (χ4n) is 2.31. The zero-order valence-corrected chi connectivity index (χ0v) is 14.4. The first kappa shape index (κ1) is 16.6. The maximum Gasteiger partial charge on any atom is 0.221 e. The van der Waals surface area contributed by atoms with Gasteiger partial charge in [-0.3, -0.25) is 4.79 Å². The number of aromatic nitrogens is 1. The Labute approximate surface area is 150 Å². The number of hydrogen-bond donors (Lipinski definition) is 1. The van der Waals surface area contributed by atoms with Crippen molar-refractivity contribution in [2.45, 2.75) is 6.92 Å². The van der Waals surface area contributed by atoms with Gasteiger partial charge in [-0.15, -0.1) is 11.3 Å². The molecule has 0 bridgehead atoms. The predicted octanol–water partition coefficient (Wildman–Crippen LogP) is 4.83. The highest BCUT2D eigenvalue weighted by Gasteiger charge is 2.09. The largest absolute Gasteiger partial charge is 0.326 e. The lowest BCUT2D eigenvalue weighted by atomic mass is 10.1.